The molecule has 28 heavy (non-hydrogen) atoms. The maximum atomic E-state index is 12.9. The van der Waals surface area contributed by atoms with Crippen LogP contribution in [0.15, 0.2) is 4.79 Å². The first kappa shape index (κ1) is 21.1. The molecular formula is C19H31ClN6O2. The second-order valence-corrected chi connectivity index (χ2v) is 8.52. The van der Waals surface area contributed by atoms with E-state index in [9.17, 15) is 9.59 Å². The maximum absolute atomic E-state index is 12.9. The molecule has 0 bridgehead atoms. The van der Waals surface area contributed by atoms with Crippen LogP contribution in [-0.4, -0.2) is 39.6 Å². The number of rotatable bonds is 5. The Kier molecular flexibility index (Phi) is 6.95. The van der Waals surface area contributed by atoms with Gasteiger partial charge in [0.1, 0.15) is 6.54 Å². The summed E-state index contributed by atoms with van der Waals surface area (Å²) in [6.07, 6.45) is 7.16. The van der Waals surface area contributed by atoms with Crippen LogP contribution in [0.3, 0.4) is 0 Å². The Morgan fingerprint density at radius 3 is 2.18 bits per heavy atom. The molecule has 1 amide bonds. The number of nitrogens with one attached hydrogen (secondary N) is 2. The molecule has 1 heterocycles. The highest BCUT2D eigenvalue weighted by molar-refractivity contribution is 6.30. The van der Waals surface area contributed by atoms with E-state index in [0.29, 0.717) is 5.69 Å². The van der Waals surface area contributed by atoms with Crippen LogP contribution >= 0.6 is 11.6 Å². The van der Waals surface area contributed by atoms with Gasteiger partial charge in [-0.3, -0.25) is 14.2 Å². The molecule has 0 spiro atoms. The predicted molar refractivity (Wildman–Crippen MR) is 110 cm³/mol. The number of carbonyl (C=O) groups excluding carboxylic acids is 1. The molecule has 1 aromatic rings. The Morgan fingerprint density at radius 2 is 1.61 bits per heavy atom. The molecule has 8 nitrogen and oxygen atoms in total. The van der Waals surface area contributed by atoms with E-state index in [1.165, 1.54) is 4.57 Å². The third-order valence-corrected chi connectivity index (χ3v) is 6.27. The van der Waals surface area contributed by atoms with Gasteiger partial charge >= 0.3 is 0 Å². The molecule has 3 rings (SSSR count). The second-order valence-electron chi connectivity index (χ2n) is 8.16. The molecule has 1 aromatic heterocycles. The van der Waals surface area contributed by atoms with Crippen LogP contribution in [0, 0.1) is 6.92 Å². The summed E-state index contributed by atoms with van der Waals surface area (Å²) >= 11 is 6.25. The van der Waals surface area contributed by atoms with E-state index < -0.39 is 0 Å². The predicted octanol–water partition coefficient (Wildman–Crippen LogP) is 1.27. The summed E-state index contributed by atoms with van der Waals surface area (Å²) in [7, 11) is 0. The summed E-state index contributed by atoms with van der Waals surface area (Å²) in [5, 5.41) is 6.45. The lowest BCUT2D eigenvalue weighted by atomic mass is 9.92. The molecule has 2 aliphatic carbocycles. The van der Waals surface area contributed by atoms with E-state index in [0.717, 1.165) is 51.4 Å². The van der Waals surface area contributed by atoms with Gasteiger partial charge in [-0.05, 0) is 58.3 Å². The monoisotopic (exact) mass is 410 g/mol. The van der Waals surface area contributed by atoms with Gasteiger partial charge in [0.15, 0.2) is 11.0 Å². The summed E-state index contributed by atoms with van der Waals surface area (Å²) < 4.78 is 1.40. The molecular weight excluding hydrogens is 380 g/mol. The smallest absolute Gasteiger partial charge is 0.294 e. The Balaban J connectivity index is 1.68. The van der Waals surface area contributed by atoms with Crippen LogP contribution in [0.4, 0.5) is 5.82 Å². The van der Waals surface area contributed by atoms with Gasteiger partial charge in [0.2, 0.25) is 5.91 Å². The van der Waals surface area contributed by atoms with Crippen molar-refractivity contribution in [2.45, 2.75) is 89.0 Å². The topological polar surface area (TPSA) is 128 Å². The highest BCUT2D eigenvalue weighted by Gasteiger charge is 2.23. The molecule has 2 saturated carbocycles. The van der Waals surface area contributed by atoms with Gasteiger partial charge in [0.05, 0.1) is 5.69 Å². The molecule has 0 saturated heterocycles. The number of hydrogen-bond donors (Lipinski definition) is 4. The highest BCUT2D eigenvalue weighted by atomic mass is 35.5. The van der Waals surface area contributed by atoms with E-state index in [1.54, 1.807) is 6.92 Å². The van der Waals surface area contributed by atoms with Crippen LogP contribution in [0.2, 0.25) is 5.15 Å². The number of halogens is 1. The summed E-state index contributed by atoms with van der Waals surface area (Å²) in [5.41, 5.74) is 12.0. The minimum absolute atomic E-state index is 0.0698. The van der Waals surface area contributed by atoms with E-state index >= 15 is 0 Å². The maximum Gasteiger partial charge on any atom is 0.294 e. The van der Waals surface area contributed by atoms with Gasteiger partial charge in [-0.2, -0.15) is 0 Å². The first-order valence-corrected chi connectivity index (χ1v) is 10.5. The molecule has 9 heteroatoms. The largest absolute Gasteiger partial charge is 0.363 e. The minimum atomic E-state index is -0.322. The van der Waals surface area contributed by atoms with Crippen molar-refractivity contribution in [3.05, 3.63) is 21.2 Å². The SMILES string of the molecule is Cc1c(Cl)nc(NC2CCC(N)CC2)c(=O)n1CC(=O)NC1CCC(N)CC1. The zero-order chi connectivity index (χ0) is 20.3. The van der Waals surface area contributed by atoms with E-state index in [1.807, 2.05) is 0 Å². The van der Waals surface area contributed by atoms with Crippen LogP contribution in [0.25, 0.3) is 0 Å². The zero-order valence-corrected chi connectivity index (χ0v) is 17.2. The number of nitrogens with two attached hydrogens (primary N) is 2. The number of nitrogens with zero attached hydrogens (tertiary/aromatic N) is 2. The van der Waals surface area contributed by atoms with Crippen LogP contribution in [-0.2, 0) is 11.3 Å². The molecule has 0 radical (unpaired) electrons. The van der Waals surface area contributed by atoms with Crippen LogP contribution < -0.4 is 27.7 Å². The Morgan fingerprint density at radius 1 is 1.07 bits per heavy atom. The first-order chi connectivity index (χ1) is 13.3. The van der Waals surface area contributed by atoms with Crippen molar-refractivity contribution in [3.8, 4) is 0 Å². The van der Waals surface area contributed by atoms with Crippen molar-refractivity contribution in [2.24, 2.45) is 11.5 Å². The van der Waals surface area contributed by atoms with Crippen molar-refractivity contribution in [3.63, 3.8) is 0 Å². The second kappa shape index (κ2) is 9.24. The third-order valence-electron chi connectivity index (χ3n) is 5.91. The number of carbonyl (C=O) groups is 1. The molecule has 6 N–H and O–H groups in total. The fraction of sp³-hybridized carbons (Fsp3) is 0.737. The standard InChI is InChI=1S/C19H31ClN6O2/c1-11-17(20)25-18(24-15-8-4-13(22)5-9-15)19(28)26(11)10-16(27)23-14-6-2-12(21)3-7-14/h12-15H,2-10,21-22H2,1H3,(H,23,27)(H,24,25). The van der Waals surface area contributed by atoms with Gasteiger partial charge < -0.3 is 22.1 Å². The normalized spacial score (nSPS) is 28.0. The number of anilines is 1. The van der Waals surface area contributed by atoms with Gasteiger partial charge in [-0.25, -0.2) is 4.98 Å². The average molecular weight is 411 g/mol. The number of aromatic nitrogens is 2. The van der Waals surface area contributed by atoms with Crippen molar-refractivity contribution >= 4 is 23.3 Å². The van der Waals surface area contributed by atoms with Gasteiger partial charge in [-0.1, -0.05) is 11.6 Å². The minimum Gasteiger partial charge on any atom is -0.363 e. The van der Waals surface area contributed by atoms with E-state index in [4.69, 9.17) is 23.1 Å². The average Bonchev–Trinajstić information content (AvgIpc) is 2.67. The number of amides is 1. The quantitative estimate of drug-likeness (QED) is 0.578. The van der Waals surface area contributed by atoms with Crippen LogP contribution in [0.1, 0.15) is 57.1 Å². The van der Waals surface area contributed by atoms with Crippen LogP contribution in [0.5, 0.6) is 0 Å². The summed E-state index contributed by atoms with van der Waals surface area (Å²) in [6.45, 7) is 1.63. The Labute approximate surface area is 170 Å². The number of hydrogen-bond acceptors (Lipinski definition) is 6. The van der Waals surface area contributed by atoms with Crippen molar-refractivity contribution < 1.29 is 4.79 Å². The third kappa shape index (κ3) is 5.24. The lowest BCUT2D eigenvalue weighted by molar-refractivity contribution is -0.122. The Bertz CT molecular complexity index is 752. The van der Waals surface area contributed by atoms with E-state index in [-0.39, 0.29) is 53.1 Å². The van der Waals surface area contributed by atoms with Crippen molar-refractivity contribution in [2.75, 3.05) is 5.32 Å². The zero-order valence-electron chi connectivity index (χ0n) is 16.4. The Hall–Kier alpha value is -1.64. The molecule has 0 aliphatic heterocycles. The summed E-state index contributed by atoms with van der Waals surface area (Å²) in [6, 6.07) is 0.708. The molecule has 0 aromatic carbocycles. The first-order valence-electron chi connectivity index (χ1n) is 10.2. The fourth-order valence-electron chi connectivity index (χ4n) is 4.04. The molecule has 2 aliphatic rings. The van der Waals surface area contributed by atoms with Crippen molar-refractivity contribution in [1.82, 2.24) is 14.9 Å². The molecule has 0 unspecified atom stereocenters. The highest BCUT2D eigenvalue weighted by Crippen LogP contribution is 2.21. The molecule has 2 fully saturated rings. The molecule has 0 atom stereocenters. The summed E-state index contributed by atoms with van der Waals surface area (Å²) in [4.78, 5) is 29.6. The summed E-state index contributed by atoms with van der Waals surface area (Å²) in [5.74, 6) is 0.00930. The van der Waals surface area contributed by atoms with Gasteiger partial charge in [0, 0.05) is 24.2 Å². The van der Waals surface area contributed by atoms with E-state index in [2.05, 4.69) is 15.6 Å². The van der Waals surface area contributed by atoms with Gasteiger partial charge in [0.25, 0.3) is 5.56 Å². The fourth-order valence-corrected chi connectivity index (χ4v) is 4.23. The molecule has 156 valence electrons. The lowest BCUT2D eigenvalue weighted by Crippen LogP contribution is -2.43. The lowest BCUT2D eigenvalue weighted by Gasteiger charge is -2.28. The van der Waals surface area contributed by atoms with Gasteiger partial charge in [-0.15, -0.1) is 0 Å². The van der Waals surface area contributed by atoms with Crippen molar-refractivity contribution in [1.29, 1.82) is 0 Å².